The fourth-order valence-electron chi connectivity index (χ4n) is 3.63. The fourth-order valence-corrected chi connectivity index (χ4v) is 4.53. The van der Waals surface area contributed by atoms with Gasteiger partial charge in [-0.2, -0.15) is 0 Å². The molecule has 1 aliphatic heterocycles. The van der Waals surface area contributed by atoms with E-state index >= 15 is 0 Å². The molecule has 0 aliphatic carbocycles. The van der Waals surface area contributed by atoms with Crippen molar-refractivity contribution in [2.24, 2.45) is 0 Å². The SMILES string of the molecule is CCOC(=O)[C@H](C)N1C(=O)S/C(=C\c2cn(Cc3ccc(F)cc3)c3ccccc23)C1=O. The van der Waals surface area contributed by atoms with Gasteiger partial charge < -0.3 is 9.30 Å². The van der Waals surface area contributed by atoms with Crippen LogP contribution in [0.4, 0.5) is 9.18 Å². The molecule has 4 rings (SSSR count). The Morgan fingerprint density at radius 1 is 1.16 bits per heavy atom. The number of carbonyl (C=O) groups excluding carboxylic acids is 3. The van der Waals surface area contributed by atoms with E-state index in [1.54, 1.807) is 25.1 Å². The van der Waals surface area contributed by atoms with Crippen molar-refractivity contribution in [2.45, 2.75) is 26.4 Å². The average Bonchev–Trinajstić information content (AvgIpc) is 3.26. The predicted octanol–water partition coefficient (Wildman–Crippen LogP) is 4.82. The Bertz CT molecular complexity index is 1230. The Balaban J connectivity index is 1.67. The summed E-state index contributed by atoms with van der Waals surface area (Å²) in [4.78, 5) is 38.6. The minimum absolute atomic E-state index is 0.169. The summed E-state index contributed by atoms with van der Waals surface area (Å²) in [6.07, 6.45) is 3.57. The van der Waals surface area contributed by atoms with Gasteiger partial charge in [0.05, 0.1) is 11.5 Å². The molecule has 1 aromatic heterocycles. The van der Waals surface area contributed by atoms with E-state index in [9.17, 15) is 18.8 Å². The number of para-hydroxylation sites is 1. The molecule has 6 nitrogen and oxygen atoms in total. The molecule has 2 heterocycles. The standard InChI is InChI=1S/C24H21FN2O4S/c1-3-31-23(29)15(2)27-22(28)21(32-24(27)30)12-17-14-26(20-7-5-4-6-19(17)20)13-16-8-10-18(25)11-9-16/h4-12,14-15H,3,13H2,1-2H3/b21-12-/t15-/m0/s1. The lowest BCUT2D eigenvalue weighted by Crippen LogP contribution is -2.42. The van der Waals surface area contributed by atoms with Crippen LogP contribution in [0.2, 0.25) is 0 Å². The van der Waals surface area contributed by atoms with Gasteiger partial charge in [-0.1, -0.05) is 30.3 Å². The van der Waals surface area contributed by atoms with Gasteiger partial charge in [-0.25, -0.2) is 9.18 Å². The lowest BCUT2D eigenvalue weighted by atomic mass is 10.1. The topological polar surface area (TPSA) is 68.6 Å². The first-order chi connectivity index (χ1) is 15.4. The zero-order chi connectivity index (χ0) is 22.8. The summed E-state index contributed by atoms with van der Waals surface area (Å²) in [6, 6.07) is 13.0. The van der Waals surface area contributed by atoms with Crippen molar-refractivity contribution in [2.75, 3.05) is 6.61 Å². The highest BCUT2D eigenvalue weighted by Gasteiger charge is 2.41. The minimum Gasteiger partial charge on any atom is -0.464 e. The largest absolute Gasteiger partial charge is 0.464 e. The molecule has 0 radical (unpaired) electrons. The van der Waals surface area contributed by atoms with Crippen LogP contribution in [0.15, 0.2) is 59.6 Å². The first-order valence-electron chi connectivity index (χ1n) is 10.1. The molecular weight excluding hydrogens is 431 g/mol. The van der Waals surface area contributed by atoms with E-state index in [1.807, 2.05) is 35.0 Å². The van der Waals surface area contributed by atoms with Crippen molar-refractivity contribution >= 4 is 45.9 Å². The van der Waals surface area contributed by atoms with E-state index in [0.29, 0.717) is 6.54 Å². The van der Waals surface area contributed by atoms with Gasteiger partial charge in [0, 0.05) is 29.2 Å². The maximum absolute atomic E-state index is 13.3. The van der Waals surface area contributed by atoms with Crippen LogP contribution in [0.3, 0.4) is 0 Å². The third-order valence-corrected chi connectivity index (χ3v) is 6.09. The zero-order valence-electron chi connectivity index (χ0n) is 17.6. The fraction of sp³-hybridized carbons (Fsp3) is 0.208. The van der Waals surface area contributed by atoms with Crippen LogP contribution >= 0.6 is 11.8 Å². The van der Waals surface area contributed by atoms with Crippen LogP contribution in [0.5, 0.6) is 0 Å². The molecule has 0 unspecified atom stereocenters. The van der Waals surface area contributed by atoms with Crippen LogP contribution in [-0.4, -0.2) is 39.2 Å². The molecular formula is C24H21FN2O4S. The number of aromatic nitrogens is 1. The lowest BCUT2D eigenvalue weighted by Gasteiger charge is -2.19. The molecule has 1 saturated heterocycles. The first kappa shape index (κ1) is 21.8. The van der Waals surface area contributed by atoms with Gasteiger partial charge in [0.1, 0.15) is 11.9 Å². The summed E-state index contributed by atoms with van der Waals surface area (Å²) < 4.78 is 20.2. The number of fused-ring (bicyclic) bond motifs is 1. The summed E-state index contributed by atoms with van der Waals surface area (Å²) in [5.41, 5.74) is 2.65. The summed E-state index contributed by atoms with van der Waals surface area (Å²) in [5, 5.41) is 0.414. The molecule has 1 atom stereocenters. The Hall–Kier alpha value is -3.39. The van der Waals surface area contributed by atoms with Crippen molar-refractivity contribution in [3.63, 3.8) is 0 Å². The molecule has 3 aromatic rings. The van der Waals surface area contributed by atoms with Crippen LogP contribution in [0, 0.1) is 5.82 Å². The van der Waals surface area contributed by atoms with E-state index in [1.165, 1.54) is 19.1 Å². The number of imide groups is 1. The number of rotatable bonds is 6. The van der Waals surface area contributed by atoms with Crippen molar-refractivity contribution in [1.29, 1.82) is 0 Å². The van der Waals surface area contributed by atoms with Crippen molar-refractivity contribution in [3.8, 4) is 0 Å². The summed E-state index contributed by atoms with van der Waals surface area (Å²) >= 11 is 0.804. The molecule has 2 aromatic carbocycles. The molecule has 1 aliphatic rings. The van der Waals surface area contributed by atoms with Gasteiger partial charge in [0.15, 0.2) is 0 Å². The lowest BCUT2D eigenvalue weighted by molar-refractivity contribution is -0.150. The molecule has 32 heavy (non-hydrogen) atoms. The van der Waals surface area contributed by atoms with Gasteiger partial charge in [0.25, 0.3) is 11.1 Å². The molecule has 1 fully saturated rings. The zero-order valence-corrected chi connectivity index (χ0v) is 18.4. The van der Waals surface area contributed by atoms with Crippen LogP contribution in [0.1, 0.15) is 25.0 Å². The first-order valence-corrected chi connectivity index (χ1v) is 11.0. The predicted molar refractivity (Wildman–Crippen MR) is 121 cm³/mol. The van der Waals surface area contributed by atoms with Gasteiger partial charge in [0.2, 0.25) is 0 Å². The van der Waals surface area contributed by atoms with Crippen LogP contribution in [-0.2, 0) is 20.9 Å². The summed E-state index contributed by atoms with van der Waals surface area (Å²) in [6.45, 7) is 3.84. The highest BCUT2D eigenvalue weighted by Crippen LogP contribution is 2.35. The number of hydrogen-bond acceptors (Lipinski definition) is 5. The number of carbonyl (C=O) groups is 3. The van der Waals surface area contributed by atoms with Crippen LogP contribution in [0.25, 0.3) is 17.0 Å². The number of benzene rings is 2. The van der Waals surface area contributed by atoms with Gasteiger partial charge >= 0.3 is 5.97 Å². The maximum atomic E-state index is 13.3. The third kappa shape index (κ3) is 4.18. The molecule has 164 valence electrons. The summed E-state index contributed by atoms with van der Waals surface area (Å²) in [5.74, 6) is -1.43. The minimum atomic E-state index is -0.992. The number of hydrogen-bond donors (Lipinski definition) is 0. The second kappa shape index (κ2) is 9.00. The van der Waals surface area contributed by atoms with E-state index < -0.39 is 23.2 Å². The van der Waals surface area contributed by atoms with E-state index in [4.69, 9.17) is 4.74 Å². The van der Waals surface area contributed by atoms with Crippen LogP contribution < -0.4 is 0 Å². The molecule has 0 saturated carbocycles. The van der Waals surface area contributed by atoms with Gasteiger partial charge in [-0.3, -0.25) is 14.5 Å². The normalized spacial score (nSPS) is 16.2. The third-order valence-electron chi connectivity index (χ3n) is 5.21. The molecule has 0 N–H and O–H groups in total. The van der Waals surface area contributed by atoms with E-state index in [0.717, 1.165) is 38.7 Å². The monoisotopic (exact) mass is 452 g/mol. The number of thioether (sulfide) groups is 1. The Kier molecular flexibility index (Phi) is 6.14. The quantitative estimate of drug-likeness (QED) is 0.396. The van der Waals surface area contributed by atoms with Gasteiger partial charge in [-0.15, -0.1) is 0 Å². The highest BCUT2D eigenvalue weighted by molar-refractivity contribution is 8.18. The maximum Gasteiger partial charge on any atom is 0.329 e. The number of halogens is 1. The second-order valence-corrected chi connectivity index (χ2v) is 8.33. The van der Waals surface area contributed by atoms with Crippen molar-refractivity contribution in [1.82, 2.24) is 9.47 Å². The summed E-state index contributed by atoms with van der Waals surface area (Å²) in [7, 11) is 0. The van der Waals surface area contributed by atoms with Crippen molar-refractivity contribution in [3.05, 3.63) is 76.6 Å². The molecule has 8 heteroatoms. The second-order valence-electron chi connectivity index (χ2n) is 7.34. The highest BCUT2D eigenvalue weighted by atomic mass is 32.2. The molecule has 2 amide bonds. The average molecular weight is 453 g/mol. The Morgan fingerprint density at radius 2 is 1.88 bits per heavy atom. The molecule has 0 spiro atoms. The Labute approximate surface area is 188 Å². The number of amides is 2. The smallest absolute Gasteiger partial charge is 0.329 e. The van der Waals surface area contributed by atoms with Gasteiger partial charge in [-0.05, 0) is 55.4 Å². The number of ether oxygens (including phenoxy) is 1. The van der Waals surface area contributed by atoms with E-state index in [-0.39, 0.29) is 17.3 Å². The number of nitrogens with zero attached hydrogens (tertiary/aromatic N) is 2. The van der Waals surface area contributed by atoms with E-state index in [2.05, 4.69) is 0 Å². The van der Waals surface area contributed by atoms with Crippen molar-refractivity contribution < 1.29 is 23.5 Å². The molecule has 0 bridgehead atoms. The number of esters is 1. The Morgan fingerprint density at radius 3 is 2.59 bits per heavy atom.